The summed E-state index contributed by atoms with van der Waals surface area (Å²) in [5.41, 5.74) is 4.02. The number of rotatable bonds is 7. The van der Waals surface area contributed by atoms with Crippen LogP contribution in [0.3, 0.4) is 0 Å². The molecule has 0 saturated heterocycles. The zero-order valence-electron chi connectivity index (χ0n) is 17.6. The first-order valence-corrected chi connectivity index (χ1v) is 10.2. The Morgan fingerprint density at radius 2 is 1.53 bits per heavy atom. The predicted octanol–water partition coefficient (Wildman–Crippen LogP) is 3.96. The standard InChI is InChI=1S/C25H22N4O3/c1-18-24(28-29(27-18)21-13-6-3-7-14-21)25(31)32-17-23(30)26-22-15-9-8-12-20(22)16-19-10-4-2-5-11-19/h2-15H,16-17H2,1H3,(H,26,30). The van der Waals surface area contributed by atoms with Crippen LogP contribution < -0.4 is 5.32 Å². The molecule has 32 heavy (non-hydrogen) atoms. The molecule has 0 spiro atoms. The molecule has 160 valence electrons. The average molecular weight is 426 g/mol. The van der Waals surface area contributed by atoms with Gasteiger partial charge in [0.25, 0.3) is 5.91 Å². The summed E-state index contributed by atoms with van der Waals surface area (Å²) in [6.45, 7) is 1.25. The molecule has 0 aliphatic heterocycles. The Kier molecular flexibility index (Phi) is 6.36. The number of hydrogen-bond donors (Lipinski definition) is 1. The van der Waals surface area contributed by atoms with Gasteiger partial charge in [-0.1, -0.05) is 66.7 Å². The van der Waals surface area contributed by atoms with Crippen LogP contribution in [-0.2, 0) is 16.0 Å². The molecule has 0 aliphatic rings. The van der Waals surface area contributed by atoms with Crippen LogP contribution in [0.4, 0.5) is 5.69 Å². The number of hydrogen-bond acceptors (Lipinski definition) is 5. The Balaban J connectivity index is 1.38. The molecule has 4 rings (SSSR count). The second-order valence-corrected chi connectivity index (χ2v) is 7.20. The topological polar surface area (TPSA) is 86.1 Å². The summed E-state index contributed by atoms with van der Waals surface area (Å²) in [4.78, 5) is 26.3. The van der Waals surface area contributed by atoms with Gasteiger partial charge in [-0.2, -0.15) is 9.90 Å². The van der Waals surface area contributed by atoms with Crippen LogP contribution in [0.1, 0.15) is 27.3 Å². The highest BCUT2D eigenvalue weighted by molar-refractivity contribution is 5.95. The van der Waals surface area contributed by atoms with Gasteiger partial charge in [-0.3, -0.25) is 4.79 Å². The first-order valence-electron chi connectivity index (χ1n) is 10.2. The zero-order chi connectivity index (χ0) is 22.3. The maximum Gasteiger partial charge on any atom is 0.361 e. The van der Waals surface area contributed by atoms with E-state index in [4.69, 9.17) is 4.74 Å². The number of esters is 1. The van der Waals surface area contributed by atoms with E-state index >= 15 is 0 Å². The van der Waals surface area contributed by atoms with Crippen LogP contribution >= 0.6 is 0 Å². The van der Waals surface area contributed by atoms with Gasteiger partial charge in [-0.15, -0.1) is 5.10 Å². The number of nitrogens with one attached hydrogen (secondary N) is 1. The van der Waals surface area contributed by atoms with Crippen molar-refractivity contribution in [2.24, 2.45) is 0 Å². The Labute approximate surface area is 185 Å². The van der Waals surface area contributed by atoms with Gasteiger partial charge < -0.3 is 10.1 Å². The van der Waals surface area contributed by atoms with Crippen molar-refractivity contribution in [3.63, 3.8) is 0 Å². The highest BCUT2D eigenvalue weighted by Gasteiger charge is 2.19. The lowest BCUT2D eigenvalue weighted by atomic mass is 10.0. The van der Waals surface area contributed by atoms with E-state index in [-0.39, 0.29) is 5.69 Å². The minimum absolute atomic E-state index is 0.0751. The van der Waals surface area contributed by atoms with Crippen LogP contribution in [0.25, 0.3) is 5.69 Å². The molecule has 1 heterocycles. The average Bonchev–Trinajstić information content (AvgIpc) is 3.22. The molecule has 0 fully saturated rings. The maximum absolute atomic E-state index is 12.5. The van der Waals surface area contributed by atoms with Gasteiger partial charge in [-0.05, 0) is 42.7 Å². The van der Waals surface area contributed by atoms with E-state index in [9.17, 15) is 9.59 Å². The summed E-state index contributed by atoms with van der Waals surface area (Å²) in [5.74, 6) is -1.12. The van der Waals surface area contributed by atoms with Crippen LogP contribution in [0.5, 0.6) is 0 Å². The number of aryl methyl sites for hydroxylation is 1. The first-order chi connectivity index (χ1) is 15.6. The quantitative estimate of drug-likeness (QED) is 0.452. The lowest BCUT2D eigenvalue weighted by molar-refractivity contribution is -0.119. The van der Waals surface area contributed by atoms with Crippen LogP contribution in [0.15, 0.2) is 84.9 Å². The summed E-state index contributed by atoms with van der Waals surface area (Å²) in [5, 5.41) is 11.3. The molecule has 3 aromatic carbocycles. The fourth-order valence-corrected chi connectivity index (χ4v) is 3.24. The summed E-state index contributed by atoms with van der Waals surface area (Å²) < 4.78 is 5.18. The van der Waals surface area contributed by atoms with E-state index in [1.165, 1.54) is 4.80 Å². The van der Waals surface area contributed by atoms with Crippen molar-refractivity contribution >= 4 is 17.6 Å². The third-order valence-corrected chi connectivity index (χ3v) is 4.83. The molecule has 1 N–H and O–H groups in total. The molecule has 7 heteroatoms. The molecule has 0 unspecified atom stereocenters. The number of benzene rings is 3. The second-order valence-electron chi connectivity index (χ2n) is 7.20. The number of carbonyl (C=O) groups is 2. The molecule has 0 aliphatic carbocycles. The fraction of sp³-hybridized carbons (Fsp3) is 0.120. The number of amides is 1. The van der Waals surface area contributed by atoms with Crippen LogP contribution in [0.2, 0.25) is 0 Å². The fourth-order valence-electron chi connectivity index (χ4n) is 3.24. The van der Waals surface area contributed by atoms with Gasteiger partial charge >= 0.3 is 5.97 Å². The number of anilines is 1. The summed E-state index contributed by atoms with van der Waals surface area (Å²) in [6.07, 6.45) is 0.679. The van der Waals surface area contributed by atoms with Crippen molar-refractivity contribution < 1.29 is 14.3 Å². The number of nitrogens with zero attached hydrogens (tertiary/aromatic N) is 3. The molecule has 7 nitrogen and oxygen atoms in total. The van der Waals surface area contributed by atoms with Gasteiger partial charge in [0.05, 0.1) is 11.4 Å². The smallest absolute Gasteiger partial charge is 0.361 e. The van der Waals surface area contributed by atoms with Crippen molar-refractivity contribution in [3.05, 3.63) is 107 Å². The maximum atomic E-state index is 12.5. The summed E-state index contributed by atoms with van der Waals surface area (Å²) in [7, 11) is 0. The van der Waals surface area contributed by atoms with Gasteiger partial charge in [0.1, 0.15) is 0 Å². The number of para-hydroxylation sites is 2. The van der Waals surface area contributed by atoms with Crippen molar-refractivity contribution in [2.75, 3.05) is 11.9 Å². The van der Waals surface area contributed by atoms with E-state index in [2.05, 4.69) is 15.5 Å². The Morgan fingerprint density at radius 1 is 0.875 bits per heavy atom. The molecule has 0 radical (unpaired) electrons. The second kappa shape index (κ2) is 9.70. The molecular weight excluding hydrogens is 404 g/mol. The lowest BCUT2D eigenvalue weighted by Gasteiger charge is -2.11. The molecular formula is C25H22N4O3. The molecule has 1 aromatic heterocycles. The number of aromatic nitrogens is 3. The van der Waals surface area contributed by atoms with Gasteiger partial charge in [0, 0.05) is 5.69 Å². The zero-order valence-corrected chi connectivity index (χ0v) is 17.6. The van der Waals surface area contributed by atoms with Crippen LogP contribution in [0, 0.1) is 6.92 Å². The van der Waals surface area contributed by atoms with Crippen molar-refractivity contribution in [2.45, 2.75) is 13.3 Å². The highest BCUT2D eigenvalue weighted by atomic mass is 16.5. The largest absolute Gasteiger partial charge is 0.451 e. The molecule has 0 atom stereocenters. The first kappa shape index (κ1) is 21.0. The summed E-state index contributed by atoms with van der Waals surface area (Å²) >= 11 is 0. The van der Waals surface area contributed by atoms with E-state index in [1.807, 2.05) is 84.9 Å². The molecule has 4 aromatic rings. The van der Waals surface area contributed by atoms with Crippen LogP contribution in [-0.4, -0.2) is 33.5 Å². The van der Waals surface area contributed by atoms with E-state index in [0.717, 1.165) is 16.8 Å². The Hall–Kier alpha value is -4.26. The minimum Gasteiger partial charge on any atom is -0.451 e. The predicted molar refractivity (Wildman–Crippen MR) is 121 cm³/mol. The van der Waals surface area contributed by atoms with E-state index < -0.39 is 18.5 Å². The third-order valence-electron chi connectivity index (χ3n) is 4.83. The van der Waals surface area contributed by atoms with Crippen molar-refractivity contribution in [1.82, 2.24) is 15.0 Å². The monoisotopic (exact) mass is 426 g/mol. The van der Waals surface area contributed by atoms with Gasteiger partial charge in [-0.25, -0.2) is 4.79 Å². The normalized spacial score (nSPS) is 10.5. The number of ether oxygens (including phenoxy) is 1. The van der Waals surface area contributed by atoms with Crippen molar-refractivity contribution in [1.29, 1.82) is 0 Å². The SMILES string of the molecule is Cc1nn(-c2ccccc2)nc1C(=O)OCC(=O)Nc1ccccc1Cc1ccccc1. The van der Waals surface area contributed by atoms with Gasteiger partial charge in [0.15, 0.2) is 12.3 Å². The Morgan fingerprint density at radius 3 is 2.28 bits per heavy atom. The van der Waals surface area contributed by atoms with Gasteiger partial charge in [0.2, 0.25) is 0 Å². The number of carbonyl (C=O) groups excluding carboxylic acids is 2. The van der Waals surface area contributed by atoms with E-state index in [1.54, 1.807) is 6.92 Å². The highest BCUT2D eigenvalue weighted by Crippen LogP contribution is 2.19. The Bertz CT molecular complexity index is 1220. The third kappa shape index (κ3) is 5.07. The summed E-state index contributed by atoms with van der Waals surface area (Å²) in [6, 6.07) is 26.8. The molecule has 0 bridgehead atoms. The van der Waals surface area contributed by atoms with Crippen molar-refractivity contribution in [3.8, 4) is 5.69 Å². The molecule has 1 amide bonds. The lowest BCUT2D eigenvalue weighted by Crippen LogP contribution is -2.22. The minimum atomic E-state index is -0.697. The molecule has 0 saturated carbocycles. The van der Waals surface area contributed by atoms with E-state index in [0.29, 0.717) is 17.8 Å².